The van der Waals surface area contributed by atoms with Crippen LogP contribution in [0.2, 0.25) is 0 Å². The summed E-state index contributed by atoms with van der Waals surface area (Å²) in [6.07, 6.45) is 0. The number of rotatable bonds is 9. The fraction of sp³-hybridized carbons (Fsp3) is 0.333. The van der Waals surface area contributed by atoms with E-state index in [0.29, 0.717) is 41.5 Å². The molecule has 32 heavy (non-hydrogen) atoms. The summed E-state index contributed by atoms with van der Waals surface area (Å²) in [6.45, 7) is 2.71. The summed E-state index contributed by atoms with van der Waals surface area (Å²) in [5.41, 5.74) is 2.42. The van der Waals surface area contributed by atoms with Crippen LogP contribution in [0.5, 0.6) is 17.2 Å². The maximum atomic E-state index is 13.4. The number of carbonyl (C=O) groups is 1. The van der Waals surface area contributed by atoms with E-state index in [-0.39, 0.29) is 18.0 Å². The van der Waals surface area contributed by atoms with Crippen molar-refractivity contribution in [3.63, 3.8) is 0 Å². The van der Waals surface area contributed by atoms with Crippen molar-refractivity contribution in [2.75, 3.05) is 41.6 Å². The Bertz CT molecular complexity index is 1150. The van der Waals surface area contributed by atoms with Crippen LogP contribution in [0.4, 0.5) is 0 Å². The van der Waals surface area contributed by atoms with Gasteiger partial charge in [-0.3, -0.25) is 9.59 Å². The zero-order chi connectivity index (χ0) is 23.3. The highest BCUT2D eigenvalue weighted by atomic mass is 16.5. The summed E-state index contributed by atoms with van der Waals surface area (Å²) in [4.78, 5) is 30.6. The fourth-order valence-electron chi connectivity index (χ4n) is 3.52. The van der Waals surface area contributed by atoms with E-state index in [4.69, 9.17) is 18.9 Å². The molecule has 1 N–H and O–H groups in total. The van der Waals surface area contributed by atoms with E-state index in [1.54, 1.807) is 24.1 Å². The largest absolute Gasteiger partial charge is 0.493 e. The molecule has 0 aliphatic carbocycles. The maximum absolute atomic E-state index is 13.4. The number of hydrogen-bond acceptors (Lipinski definition) is 6. The second-order valence-electron chi connectivity index (χ2n) is 7.35. The lowest BCUT2D eigenvalue weighted by atomic mass is 10.1. The van der Waals surface area contributed by atoms with Crippen LogP contribution in [0.3, 0.4) is 0 Å². The van der Waals surface area contributed by atoms with E-state index in [9.17, 15) is 9.59 Å². The monoisotopic (exact) mass is 440 g/mol. The number of fused-ring (bicyclic) bond motifs is 1. The summed E-state index contributed by atoms with van der Waals surface area (Å²) < 4.78 is 21.3. The van der Waals surface area contributed by atoms with Gasteiger partial charge in [0.15, 0.2) is 11.5 Å². The topological polar surface area (TPSA) is 90.1 Å². The van der Waals surface area contributed by atoms with Gasteiger partial charge in [0.05, 0.1) is 34.5 Å². The summed E-state index contributed by atoms with van der Waals surface area (Å²) in [5, 5.41) is 0.900. The molecule has 0 aliphatic heterocycles. The van der Waals surface area contributed by atoms with Crippen LogP contribution >= 0.6 is 0 Å². The summed E-state index contributed by atoms with van der Waals surface area (Å²) in [6, 6.07) is 10.9. The van der Waals surface area contributed by atoms with Crippen molar-refractivity contribution >= 4 is 16.8 Å². The molecule has 0 saturated heterocycles. The van der Waals surface area contributed by atoms with Gasteiger partial charge in [0, 0.05) is 30.3 Å². The Balaban J connectivity index is 1.99. The molecule has 0 spiro atoms. The Hall–Kier alpha value is -3.52. The van der Waals surface area contributed by atoms with Gasteiger partial charge in [-0.05, 0) is 42.1 Å². The molecule has 1 aromatic heterocycles. The zero-order valence-electron chi connectivity index (χ0n) is 19.0. The van der Waals surface area contributed by atoms with Crippen LogP contribution in [0.1, 0.15) is 21.5 Å². The highest BCUT2D eigenvalue weighted by molar-refractivity contribution is 5.95. The van der Waals surface area contributed by atoms with Crippen LogP contribution in [0.25, 0.3) is 10.9 Å². The number of methoxy groups -OCH3 is 4. The van der Waals surface area contributed by atoms with Gasteiger partial charge in [-0.15, -0.1) is 0 Å². The Morgan fingerprint density at radius 3 is 2.25 bits per heavy atom. The molecule has 0 saturated carbocycles. The molecule has 0 fully saturated rings. The van der Waals surface area contributed by atoms with Gasteiger partial charge in [0.2, 0.25) is 5.75 Å². The molecule has 0 atom stereocenters. The number of nitrogens with zero attached hydrogens (tertiary/aromatic N) is 1. The highest BCUT2D eigenvalue weighted by Crippen LogP contribution is 2.38. The average molecular weight is 440 g/mol. The first-order valence-electron chi connectivity index (χ1n) is 10.1. The number of carbonyl (C=O) groups excluding carboxylic acids is 1. The van der Waals surface area contributed by atoms with Gasteiger partial charge in [0.25, 0.3) is 11.5 Å². The first kappa shape index (κ1) is 23.1. The Morgan fingerprint density at radius 2 is 1.66 bits per heavy atom. The van der Waals surface area contributed by atoms with Gasteiger partial charge < -0.3 is 28.8 Å². The number of hydrogen-bond donors (Lipinski definition) is 1. The second-order valence-corrected chi connectivity index (χ2v) is 7.35. The van der Waals surface area contributed by atoms with Crippen molar-refractivity contribution in [1.82, 2.24) is 9.88 Å². The minimum Gasteiger partial charge on any atom is -0.493 e. The Morgan fingerprint density at radius 1 is 0.969 bits per heavy atom. The molecule has 0 aliphatic rings. The van der Waals surface area contributed by atoms with Gasteiger partial charge in [-0.1, -0.05) is 12.1 Å². The number of benzene rings is 2. The van der Waals surface area contributed by atoms with Crippen molar-refractivity contribution < 1.29 is 23.7 Å². The van der Waals surface area contributed by atoms with E-state index in [1.807, 2.05) is 31.2 Å². The van der Waals surface area contributed by atoms with Crippen molar-refractivity contribution in [2.45, 2.75) is 13.5 Å². The third-order valence-corrected chi connectivity index (χ3v) is 5.20. The molecule has 2 aromatic carbocycles. The highest BCUT2D eigenvalue weighted by Gasteiger charge is 2.22. The van der Waals surface area contributed by atoms with E-state index in [2.05, 4.69) is 4.98 Å². The van der Waals surface area contributed by atoms with Crippen molar-refractivity contribution in [3.05, 3.63) is 63.4 Å². The molecule has 0 unspecified atom stereocenters. The first-order valence-corrected chi connectivity index (χ1v) is 10.1. The number of ether oxygens (including phenoxy) is 4. The SMILES string of the molecule is COCCN(Cc1cc2ccc(C)cc2[nH]c1=O)C(=O)c1cc(OC)c(OC)c(OC)c1. The first-order chi connectivity index (χ1) is 15.4. The standard InChI is InChI=1S/C24H28N2O6/c1-15-6-7-16-11-18(23(27)25-19(16)10-15)14-26(8-9-29-2)24(28)17-12-20(30-3)22(32-5)21(13-17)31-4/h6-7,10-13H,8-9,14H2,1-5H3,(H,25,27). The molecule has 3 rings (SSSR count). The number of amides is 1. The van der Waals surface area contributed by atoms with Crippen molar-refractivity contribution in [2.24, 2.45) is 0 Å². The number of aromatic nitrogens is 1. The predicted molar refractivity (Wildman–Crippen MR) is 122 cm³/mol. The lowest BCUT2D eigenvalue weighted by Gasteiger charge is -2.23. The maximum Gasteiger partial charge on any atom is 0.254 e. The molecular weight excluding hydrogens is 412 g/mol. The van der Waals surface area contributed by atoms with E-state index in [0.717, 1.165) is 16.5 Å². The molecule has 1 heterocycles. The van der Waals surface area contributed by atoms with Gasteiger partial charge in [0.1, 0.15) is 0 Å². The molecule has 3 aromatic rings. The minimum absolute atomic E-state index is 0.123. The van der Waals surface area contributed by atoms with Crippen LogP contribution in [0.15, 0.2) is 41.2 Å². The summed E-state index contributed by atoms with van der Waals surface area (Å²) >= 11 is 0. The number of nitrogens with one attached hydrogen (secondary N) is 1. The van der Waals surface area contributed by atoms with Gasteiger partial charge >= 0.3 is 0 Å². The van der Waals surface area contributed by atoms with E-state index in [1.165, 1.54) is 21.3 Å². The minimum atomic E-state index is -0.287. The Kier molecular flexibility index (Phi) is 7.37. The quantitative estimate of drug-likeness (QED) is 0.550. The normalized spacial score (nSPS) is 10.8. The predicted octanol–water partition coefficient (Wildman–Crippen LogP) is 3.15. The fourth-order valence-corrected chi connectivity index (χ4v) is 3.52. The summed E-state index contributed by atoms with van der Waals surface area (Å²) in [5.74, 6) is 0.864. The van der Waals surface area contributed by atoms with Crippen LogP contribution in [0, 0.1) is 6.92 Å². The van der Waals surface area contributed by atoms with Gasteiger partial charge in [-0.25, -0.2) is 0 Å². The van der Waals surface area contributed by atoms with E-state index < -0.39 is 0 Å². The number of aromatic amines is 1. The van der Waals surface area contributed by atoms with Crippen LogP contribution in [-0.2, 0) is 11.3 Å². The average Bonchev–Trinajstić information content (AvgIpc) is 2.80. The molecule has 170 valence electrons. The van der Waals surface area contributed by atoms with Gasteiger partial charge in [-0.2, -0.15) is 0 Å². The number of pyridine rings is 1. The number of aryl methyl sites for hydroxylation is 1. The Labute approximate surface area is 186 Å². The summed E-state index contributed by atoms with van der Waals surface area (Å²) in [7, 11) is 6.04. The van der Waals surface area contributed by atoms with Crippen LogP contribution < -0.4 is 19.8 Å². The lowest BCUT2D eigenvalue weighted by molar-refractivity contribution is 0.0679. The van der Waals surface area contributed by atoms with Crippen molar-refractivity contribution in [1.29, 1.82) is 0 Å². The molecule has 1 amide bonds. The molecule has 8 heteroatoms. The third-order valence-electron chi connectivity index (χ3n) is 5.20. The number of H-pyrrole nitrogens is 1. The van der Waals surface area contributed by atoms with Crippen LogP contribution in [-0.4, -0.2) is 57.4 Å². The van der Waals surface area contributed by atoms with E-state index >= 15 is 0 Å². The van der Waals surface area contributed by atoms with Crippen molar-refractivity contribution in [3.8, 4) is 17.2 Å². The molecular formula is C24H28N2O6. The molecule has 0 radical (unpaired) electrons. The zero-order valence-corrected chi connectivity index (χ0v) is 19.0. The molecule has 8 nitrogen and oxygen atoms in total. The third kappa shape index (κ3) is 4.86. The molecule has 0 bridgehead atoms. The lowest BCUT2D eigenvalue weighted by Crippen LogP contribution is -2.35. The smallest absolute Gasteiger partial charge is 0.254 e. The second kappa shape index (κ2) is 10.2.